The summed E-state index contributed by atoms with van der Waals surface area (Å²) in [5.74, 6) is 2.77. The Morgan fingerprint density at radius 3 is 2.69 bits per heavy atom. The summed E-state index contributed by atoms with van der Waals surface area (Å²) in [6.45, 7) is 2.49. The van der Waals surface area contributed by atoms with Crippen molar-refractivity contribution in [3.05, 3.63) is 48.2 Å². The SMILES string of the molecule is COc1ccc([C@@H]2CCCN2C(=O)[C@@H]2CCCN(c3ccccn3)C2)c(OC)c1. The molecule has 2 aliphatic heterocycles. The normalized spacial score (nSPS) is 21.9. The van der Waals surface area contributed by atoms with E-state index in [0.717, 1.165) is 68.2 Å². The zero-order chi connectivity index (χ0) is 20.2. The number of carbonyl (C=O) groups excluding carboxylic acids is 1. The molecule has 154 valence electrons. The number of rotatable bonds is 5. The van der Waals surface area contributed by atoms with Crippen LogP contribution in [-0.4, -0.2) is 49.6 Å². The summed E-state index contributed by atoms with van der Waals surface area (Å²) in [7, 11) is 3.32. The minimum Gasteiger partial charge on any atom is -0.497 e. The second-order valence-electron chi connectivity index (χ2n) is 7.77. The van der Waals surface area contributed by atoms with Gasteiger partial charge in [0.15, 0.2) is 0 Å². The van der Waals surface area contributed by atoms with Gasteiger partial charge in [0.25, 0.3) is 0 Å². The molecule has 0 aliphatic carbocycles. The number of hydrogen-bond acceptors (Lipinski definition) is 5. The van der Waals surface area contributed by atoms with Gasteiger partial charge >= 0.3 is 0 Å². The van der Waals surface area contributed by atoms with Crippen LogP contribution in [0.1, 0.15) is 37.3 Å². The number of benzene rings is 1. The molecule has 1 amide bonds. The van der Waals surface area contributed by atoms with E-state index in [1.54, 1.807) is 14.2 Å². The number of methoxy groups -OCH3 is 2. The van der Waals surface area contributed by atoms with Gasteiger partial charge in [-0.25, -0.2) is 4.98 Å². The van der Waals surface area contributed by atoms with Crippen LogP contribution in [0.2, 0.25) is 0 Å². The van der Waals surface area contributed by atoms with Crippen LogP contribution >= 0.6 is 0 Å². The molecule has 0 N–H and O–H groups in total. The highest BCUT2D eigenvalue weighted by Crippen LogP contribution is 2.40. The molecular formula is C23H29N3O3. The summed E-state index contributed by atoms with van der Waals surface area (Å²) in [6, 6.07) is 11.9. The second kappa shape index (κ2) is 8.72. The molecule has 2 fully saturated rings. The van der Waals surface area contributed by atoms with Crippen LogP contribution in [0.4, 0.5) is 5.82 Å². The summed E-state index contributed by atoms with van der Waals surface area (Å²) >= 11 is 0. The molecule has 1 aromatic heterocycles. The van der Waals surface area contributed by atoms with Gasteiger partial charge in [-0.3, -0.25) is 4.79 Å². The first-order valence-corrected chi connectivity index (χ1v) is 10.4. The molecule has 0 spiro atoms. The molecular weight excluding hydrogens is 366 g/mol. The van der Waals surface area contributed by atoms with Gasteiger partial charge in [0, 0.05) is 37.5 Å². The number of amides is 1. The first-order valence-electron chi connectivity index (χ1n) is 10.4. The summed E-state index contributed by atoms with van der Waals surface area (Å²) in [5.41, 5.74) is 1.07. The minimum absolute atomic E-state index is 0.00981. The molecule has 0 saturated carbocycles. The molecule has 4 rings (SSSR count). The Morgan fingerprint density at radius 2 is 1.93 bits per heavy atom. The largest absolute Gasteiger partial charge is 0.497 e. The predicted molar refractivity (Wildman–Crippen MR) is 112 cm³/mol. The van der Waals surface area contributed by atoms with E-state index in [0.29, 0.717) is 0 Å². The highest BCUT2D eigenvalue weighted by Gasteiger charge is 2.37. The molecule has 2 aliphatic rings. The average molecular weight is 396 g/mol. The Bertz CT molecular complexity index is 843. The third kappa shape index (κ3) is 4.02. The van der Waals surface area contributed by atoms with E-state index in [2.05, 4.69) is 14.8 Å². The van der Waals surface area contributed by atoms with Gasteiger partial charge in [-0.1, -0.05) is 6.07 Å². The molecule has 3 heterocycles. The van der Waals surface area contributed by atoms with Gasteiger partial charge in [-0.15, -0.1) is 0 Å². The lowest BCUT2D eigenvalue weighted by Crippen LogP contribution is -2.45. The van der Waals surface area contributed by atoms with Crippen LogP contribution in [0.3, 0.4) is 0 Å². The van der Waals surface area contributed by atoms with E-state index in [4.69, 9.17) is 9.47 Å². The lowest BCUT2D eigenvalue weighted by Gasteiger charge is -2.36. The van der Waals surface area contributed by atoms with Crippen LogP contribution in [0, 0.1) is 5.92 Å². The van der Waals surface area contributed by atoms with Crippen molar-refractivity contribution < 1.29 is 14.3 Å². The number of hydrogen-bond donors (Lipinski definition) is 0. The average Bonchev–Trinajstić information content (AvgIpc) is 3.28. The van der Waals surface area contributed by atoms with Crippen molar-refractivity contribution in [1.29, 1.82) is 0 Å². The van der Waals surface area contributed by atoms with Gasteiger partial charge in [0.2, 0.25) is 5.91 Å². The molecule has 29 heavy (non-hydrogen) atoms. The summed E-state index contributed by atoms with van der Waals surface area (Å²) in [4.78, 5) is 22.3. The van der Waals surface area contributed by atoms with Gasteiger partial charge in [-0.2, -0.15) is 0 Å². The van der Waals surface area contributed by atoms with E-state index in [9.17, 15) is 4.79 Å². The Balaban J connectivity index is 1.52. The fraction of sp³-hybridized carbons (Fsp3) is 0.478. The molecule has 2 atom stereocenters. The van der Waals surface area contributed by atoms with Crippen molar-refractivity contribution >= 4 is 11.7 Å². The molecule has 0 radical (unpaired) electrons. The van der Waals surface area contributed by atoms with E-state index in [1.807, 2.05) is 42.6 Å². The summed E-state index contributed by atoms with van der Waals surface area (Å²) < 4.78 is 10.9. The van der Waals surface area contributed by atoms with Gasteiger partial charge in [0.05, 0.1) is 26.2 Å². The quantitative estimate of drug-likeness (QED) is 0.773. The van der Waals surface area contributed by atoms with Gasteiger partial charge < -0.3 is 19.3 Å². The highest BCUT2D eigenvalue weighted by molar-refractivity contribution is 5.80. The maximum atomic E-state index is 13.5. The number of aromatic nitrogens is 1. The van der Waals surface area contributed by atoms with Crippen molar-refractivity contribution in [2.75, 3.05) is 38.8 Å². The van der Waals surface area contributed by atoms with Crippen molar-refractivity contribution in [2.45, 2.75) is 31.7 Å². The topological polar surface area (TPSA) is 54.9 Å². The number of pyridine rings is 1. The van der Waals surface area contributed by atoms with Crippen LogP contribution in [0.5, 0.6) is 11.5 Å². The molecule has 1 aromatic carbocycles. The molecule has 0 unspecified atom stereocenters. The summed E-state index contributed by atoms with van der Waals surface area (Å²) in [5, 5.41) is 0. The van der Waals surface area contributed by atoms with Crippen molar-refractivity contribution in [3.63, 3.8) is 0 Å². The van der Waals surface area contributed by atoms with E-state index >= 15 is 0 Å². The number of ether oxygens (including phenoxy) is 2. The Labute approximate surface area is 172 Å². The first-order chi connectivity index (χ1) is 14.2. The number of piperidine rings is 1. The Kier molecular flexibility index (Phi) is 5.88. The smallest absolute Gasteiger partial charge is 0.227 e. The van der Waals surface area contributed by atoms with E-state index in [1.165, 1.54) is 0 Å². The third-order valence-corrected chi connectivity index (χ3v) is 6.08. The lowest BCUT2D eigenvalue weighted by molar-refractivity contribution is -0.136. The molecule has 6 heteroatoms. The molecule has 2 aromatic rings. The Hall–Kier alpha value is -2.76. The predicted octanol–water partition coefficient (Wildman–Crippen LogP) is 3.68. The number of likely N-dealkylation sites (tertiary alicyclic amines) is 1. The van der Waals surface area contributed by atoms with Crippen molar-refractivity contribution in [2.24, 2.45) is 5.92 Å². The molecule has 0 bridgehead atoms. The fourth-order valence-electron chi connectivity index (χ4n) is 4.61. The van der Waals surface area contributed by atoms with Crippen molar-refractivity contribution in [3.8, 4) is 11.5 Å². The highest BCUT2D eigenvalue weighted by atomic mass is 16.5. The van der Waals surface area contributed by atoms with Crippen LogP contribution < -0.4 is 14.4 Å². The zero-order valence-corrected chi connectivity index (χ0v) is 17.2. The fourth-order valence-corrected chi connectivity index (χ4v) is 4.61. The number of anilines is 1. The number of carbonyl (C=O) groups is 1. The summed E-state index contributed by atoms with van der Waals surface area (Å²) in [6.07, 6.45) is 5.74. The molecule has 6 nitrogen and oxygen atoms in total. The Morgan fingerprint density at radius 1 is 1.07 bits per heavy atom. The van der Waals surface area contributed by atoms with Crippen molar-refractivity contribution in [1.82, 2.24) is 9.88 Å². The van der Waals surface area contributed by atoms with Crippen LogP contribution in [0.15, 0.2) is 42.6 Å². The van der Waals surface area contributed by atoms with E-state index in [-0.39, 0.29) is 17.9 Å². The lowest BCUT2D eigenvalue weighted by atomic mass is 9.95. The zero-order valence-electron chi connectivity index (χ0n) is 17.2. The van der Waals surface area contributed by atoms with Gasteiger partial charge in [0.1, 0.15) is 17.3 Å². The molecule has 2 saturated heterocycles. The van der Waals surface area contributed by atoms with Crippen LogP contribution in [-0.2, 0) is 4.79 Å². The maximum Gasteiger partial charge on any atom is 0.227 e. The third-order valence-electron chi connectivity index (χ3n) is 6.08. The first kappa shape index (κ1) is 19.6. The number of nitrogens with zero attached hydrogens (tertiary/aromatic N) is 3. The standard InChI is InChI=1S/C23H29N3O3/c1-28-18-10-11-19(21(15-18)29-2)20-8-6-14-26(20)23(27)17-7-5-13-25(16-17)22-9-3-4-12-24-22/h3-4,9-12,15,17,20H,5-8,13-14,16H2,1-2H3/t17-,20+/m1/s1. The van der Waals surface area contributed by atoms with Gasteiger partial charge in [-0.05, 0) is 49.9 Å². The maximum absolute atomic E-state index is 13.5. The van der Waals surface area contributed by atoms with Crippen LogP contribution in [0.25, 0.3) is 0 Å². The second-order valence-corrected chi connectivity index (χ2v) is 7.77. The monoisotopic (exact) mass is 395 g/mol. The van der Waals surface area contributed by atoms with E-state index < -0.39 is 0 Å². The minimum atomic E-state index is 0.00981.